The molecule has 0 saturated carbocycles. The SMILES string of the molecule is Cc1cc(C(=O)N2CCO[C@@H](C(=O)O)C2)c(C)s1. The molecule has 0 unspecified atom stereocenters. The van der Waals surface area contributed by atoms with Gasteiger partial charge in [-0.15, -0.1) is 11.3 Å². The monoisotopic (exact) mass is 269 g/mol. The van der Waals surface area contributed by atoms with Gasteiger partial charge in [-0.05, 0) is 19.9 Å². The van der Waals surface area contributed by atoms with Crippen LogP contribution in [0.2, 0.25) is 0 Å². The minimum atomic E-state index is -1.02. The molecule has 1 saturated heterocycles. The third-order valence-corrected chi connectivity index (χ3v) is 3.87. The number of hydrogen-bond acceptors (Lipinski definition) is 4. The number of hydrogen-bond donors (Lipinski definition) is 1. The van der Waals surface area contributed by atoms with Crippen LogP contribution in [0.3, 0.4) is 0 Å². The Kier molecular flexibility index (Phi) is 3.68. The van der Waals surface area contributed by atoms with E-state index in [0.29, 0.717) is 12.1 Å². The molecule has 0 aromatic carbocycles. The van der Waals surface area contributed by atoms with Gasteiger partial charge in [0.1, 0.15) is 0 Å². The summed E-state index contributed by atoms with van der Waals surface area (Å²) in [6.07, 6.45) is -0.914. The number of aliphatic carboxylic acids is 1. The van der Waals surface area contributed by atoms with E-state index in [2.05, 4.69) is 0 Å². The van der Waals surface area contributed by atoms with Crippen LogP contribution in [-0.2, 0) is 9.53 Å². The zero-order chi connectivity index (χ0) is 13.3. The molecule has 0 radical (unpaired) electrons. The minimum absolute atomic E-state index is 0.105. The van der Waals surface area contributed by atoms with E-state index in [0.717, 1.165) is 9.75 Å². The Morgan fingerprint density at radius 2 is 2.22 bits per heavy atom. The van der Waals surface area contributed by atoms with E-state index in [1.165, 1.54) is 0 Å². The number of rotatable bonds is 2. The highest BCUT2D eigenvalue weighted by atomic mass is 32.1. The third-order valence-electron chi connectivity index (χ3n) is 2.90. The number of nitrogens with zero attached hydrogens (tertiary/aromatic N) is 1. The average molecular weight is 269 g/mol. The molecule has 2 heterocycles. The molecule has 0 bridgehead atoms. The van der Waals surface area contributed by atoms with E-state index in [1.807, 2.05) is 19.9 Å². The van der Waals surface area contributed by atoms with E-state index in [4.69, 9.17) is 9.84 Å². The highest BCUT2D eigenvalue weighted by molar-refractivity contribution is 7.12. The van der Waals surface area contributed by atoms with Gasteiger partial charge in [0.2, 0.25) is 0 Å². The van der Waals surface area contributed by atoms with Crippen LogP contribution in [0, 0.1) is 13.8 Å². The molecule has 1 amide bonds. The Labute approximate surface area is 109 Å². The van der Waals surface area contributed by atoms with E-state index in [9.17, 15) is 9.59 Å². The summed E-state index contributed by atoms with van der Waals surface area (Å²) >= 11 is 1.57. The average Bonchev–Trinajstić information content (AvgIpc) is 2.67. The van der Waals surface area contributed by atoms with Crippen molar-refractivity contribution in [3.63, 3.8) is 0 Å². The summed E-state index contributed by atoms with van der Waals surface area (Å²) < 4.78 is 5.10. The summed E-state index contributed by atoms with van der Waals surface area (Å²) in [6.45, 7) is 4.68. The molecule has 1 fully saturated rings. The van der Waals surface area contributed by atoms with Crippen LogP contribution in [0.15, 0.2) is 6.07 Å². The van der Waals surface area contributed by atoms with Crippen LogP contribution in [0.25, 0.3) is 0 Å². The molecule has 1 aliphatic rings. The zero-order valence-electron chi connectivity index (χ0n) is 10.3. The molecule has 6 heteroatoms. The van der Waals surface area contributed by atoms with Crippen molar-refractivity contribution in [2.45, 2.75) is 20.0 Å². The number of carbonyl (C=O) groups excluding carboxylic acids is 1. The summed E-state index contributed by atoms with van der Waals surface area (Å²) in [5.74, 6) is -1.13. The van der Waals surface area contributed by atoms with Crippen molar-refractivity contribution in [2.75, 3.05) is 19.7 Å². The van der Waals surface area contributed by atoms with Gasteiger partial charge in [-0.2, -0.15) is 0 Å². The fraction of sp³-hybridized carbons (Fsp3) is 0.500. The normalized spacial score (nSPS) is 19.9. The summed E-state index contributed by atoms with van der Waals surface area (Å²) in [7, 11) is 0. The maximum Gasteiger partial charge on any atom is 0.334 e. The van der Waals surface area contributed by atoms with Crippen LogP contribution in [0.5, 0.6) is 0 Å². The van der Waals surface area contributed by atoms with Crippen LogP contribution >= 0.6 is 11.3 Å². The van der Waals surface area contributed by atoms with Crippen LogP contribution in [0.4, 0.5) is 0 Å². The summed E-state index contributed by atoms with van der Waals surface area (Å²) in [6, 6.07) is 1.85. The Morgan fingerprint density at radius 1 is 1.50 bits per heavy atom. The second-order valence-electron chi connectivity index (χ2n) is 4.28. The van der Waals surface area contributed by atoms with Gasteiger partial charge >= 0.3 is 5.97 Å². The number of aryl methyl sites for hydroxylation is 2. The molecule has 1 aliphatic heterocycles. The Morgan fingerprint density at radius 3 is 2.78 bits per heavy atom. The smallest absolute Gasteiger partial charge is 0.334 e. The lowest BCUT2D eigenvalue weighted by Gasteiger charge is -2.30. The fourth-order valence-corrected chi connectivity index (χ4v) is 2.91. The van der Waals surface area contributed by atoms with Crippen molar-refractivity contribution >= 4 is 23.2 Å². The second kappa shape index (κ2) is 5.07. The first-order chi connectivity index (χ1) is 8.49. The van der Waals surface area contributed by atoms with Crippen molar-refractivity contribution in [2.24, 2.45) is 0 Å². The minimum Gasteiger partial charge on any atom is -0.479 e. The first-order valence-corrected chi connectivity index (χ1v) is 6.51. The largest absolute Gasteiger partial charge is 0.479 e. The first kappa shape index (κ1) is 13.0. The topological polar surface area (TPSA) is 66.8 Å². The van der Waals surface area contributed by atoms with Crippen LogP contribution in [0.1, 0.15) is 20.1 Å². The third kappa shape index (κ3) is 2.54. The van der Waals surface area contributed by atoms with Crippen molar-refractivity contribution in [3.8, 4) is 0 Å². The summed E-state index contributed by atoms with van der Waals surface area (Å²) in [5.41, 5.74) is 0.670. The van der Waals surface area contributed by atoms with Crippen LogP contribution in [-0.4, -0.2) is 47.7 Å². The molecule has 0 aliphatic carbocycles. The van der Waals surface area contributed by atoms with E-state index in [1.54, 1.807) is 16.2 Å². The molecule has 2 rings (SSSR count). The number of carboxylic acid groups (broad SMARTS) is 1. The van der Waals surface area contributed by atoms with Crippen molar-refractivity contribution in [1.29, 1.82) is 0 Å². The zero-order valence-corrected chi connectivity index (χ0v) is 11.1. The van der Waals surface area contributed by atoms with Gasteiger partial charge in [-0.3, -0.25) is 4.79 Å². The number of thiophene rings is 1. The summed E-state index contributed by atoms with van der Waals surface area (Å²) in [5, 5.41) is 8.91. The maximum absolute atomic E-state index is 12.3. The summed E-state index contributed by atoms with van der Waals surface area (Å²) in [4.78, 5) is 26.8. The van der Waals surface area contributed by atoms with Crippen molar-refractivity contribution in [1.82, 2.24) is 4.90 Å². The number of morpholine rings is 1. The second-order valence-corrected chi connectivity index (χ2v) is 5.74. The Hall–Kier alpha value is -1.40. The van der Waals surface area contributed by atoms with Crippen LogP contribution < -0.4 is 0 Å². The Bertz CT molecular complexity index is 482. The van der Waals surface area contributed by atoms with E-state index < -0.39 is 12.1 Å². The number of ether oxygens (including phenoxy) is 1. The molecule has 18 heavy (non-hydrogen) atoms. The lowest BCUT2D eigenvalue weighted by molar-refractivity contribution is -0.154. The molecule has 5 nitrogen and oxygen atoms in total. The quantitative estimate of drug-likeness (QED) is 0.878. The van der Waals surface area contributed by atoms with E-state index >= 15 is 0 Å². The molecule has 1 aromatic heterocycles. The van der Waals surface area contributed by atoms with Gasteiger partial charge in [-0.25, -0.2) is 4.79 Å². The lowest BCUT2D eigenvalue weighted by atomic mass is 10.2. The predicted molar refractivity (Wildman–Crippen MR) is 67.1 cm³/mol. The van der Waals surface area contributed by atoms with E-state index in [-0.39, 0.29) is 19.1 Å². The molecule has 1 aromatic rings. The molecule has 98 valence electrons. The van der Waals surface area contributed by atoms with Gasteiger partial charge < -0.3 is 14.7 Å². The van der Waals surface area contributed by atoms with Gasteiger partial charge in [0, 0.05) is 16.3 Å². The predicted octanol–water partition coefficient (Wildman–Crippen LogP) is 1.29. The number of amides is 1. The molecular formula is C12H15NO4S. The lowest BCUT2D eigenvalue weighted by Crippen LogP contribution is -2.48. The van der Waals surface area contributed by atoms with Gasteiger partial charge in [0.15, 0.2) is 6.10 Å². The van der Waals surface area contributed by atoms with Gasteiger partial charge in [0.05, 0.1) is 18.7 Å². The first-order valence-electron chi connectivity index (χ1n) is 5.69. The van der Waals surface area contributed by atoms with Crippen molar-refractivity contribution in [3.05, 3.63) is 21.4 Å². The van der Waals surface area contributed by atoms with Gasteiger partial charge in [-0.1, -0.05) is 0 Å². The van der Waals surface area contributed by atoms with Gasteiger partial charge in [0.25, 0.3) is 5.91 Å². The highest BCUT2D eigenvalue weighted by Crippen LogP contribution is 2.22. The number of carboxylic acids is 1. The number of carbonyl (C=O) groups is 2. The Balaban J connectivity index is 2.14. The fourth-order valence-electron chi connectivity index (χ4n) is 2.00. The molecular weight excluding hydrogens is 254 g/mol. The maximum atomic E-state index is 12.3. The highest BCUT2D eigenvalue weighted by Gasteiger charge is 2.30. The standard InChI is InChI=1S/C12H15NO4S/c1-7-5-9(8(2)18-7)11(14)13-3-4-17-10(6-13)12(15)16/h5,10H,3-4,6H2,1-2H3,(H,15,16)/t10-/m1/s1. The van der Waals surface area contributed by atoms with Crippen molar-refractivity contribution < 1.29 is 19.4 Å². The molecule has 1 N–H and O–H groups in total. The molecule has 1 atom stereocenters. The molecule has 0 spiro atoms.